The van der Waals surface area contributed by atoms with Crippen LogP contribution in [-0.2, 0) is 4.57 Å². The Morgan fingerprint density at radius 2 is 2.33 bits per heavy atom. The predicted octanol–water partition coefficient (Wildman–Crippen LogP) is 0.774. The number of hydrogen-bond acceptors (Lipinski definition) is 2. The van der Waals surface area contributed by atoms with Crippen LogP contribution in [0.5, 0.6) is 0 Å². The fourth-order valence-corrected chi connectivity index (χ4v) is 1.98. The van der Waals surface area contributed by atoms with Crippen LogP contribution in [0, 0.1) is 0 Å². The molecule has 0 saturated heterocycles. The van der Waals surface area contributed by atoms with Crippen molar-refractivity contribution in [3.05, 3.63) is 11.6 Å². The van der Waals surface area contributed by atoms with Crippen LogP contribution in [0.2, 0.25) is 0 Å². The lowest BCUT2D eigenvalue weighted by Crippen LogP contribution is -2.29. The zero-order chi connectivity index (χ0) is 9.19. The Kier molecular flexibility index (Phi) is 3.07. The van der Waals surface area contributed by atoms with Crippen molar-refractivity contribution >= 4 is 7.60 Å². The van der Waals surface area contributed by atoms with E-state index in [2.05, 4.69) is 0 Å². The monoisotopic (exact) mass is 191 g/mol. The molecule has 0 aromatic heterocycles. The molecule has 1 aliphatic rings. The van der Waals surface area contributed by atoms with Gasteiger partial charge in [-0.2, -0.15) is 0 Å². The molecular weight excluding hydrogens is 177 g/mol. The minimum absolute atomic E-state index is 0.114. The van der Waals surface area contributed by atoms with Crippen molar-refractivity contribution in [2.45, 2.75) is 13.3 Å². The largest absolute Gasteiger partial charge is 0.339 e. The average Bonchev–Trinajstić information content (AvgIpc) is 1.91. The van der Waals surface area contributed by atoms with E-state index < -0.39 is 7.60 Å². The summed E-state index contributed by atoms with van der Waals surface area (Å²) in [5.41, 5.74) is 1.30. The van der Waals surface area contributed by atoms with Gasteiger partial charge < -0.3 is 9.79 Å². The maximum Gasteiger partial charge on any atom is 0.339 e. The van der Waals surface area contributed by atoms with Gasteiger partial charge in [0, 0.05) is 13.1 Å². The van der Waals surface area contributed by atoms with Crippen molar-refractivity contribution in [2.75, 3.05) is 19.4 Å². The standard InChI is InChI=1S/C7H14NO3P/c1-7-2-4-8(5-3-7)6-12(9,10)11/h2H,3-6H2,1H3,(H2,9,10,11). The van der Waals surface area contributed by atoms with Crippen LogP contribution < -0.4 is 0 Å². The van der Waals surface area contributed by atoms with Crippen molar-refractivity contribution in [1.82, 2.24) is 4.90 Å². The van der Waals surface area contributed by atoms with Crippen LogP contribution in [0.1, 0.15) is 13.3 Å². The van der Waals surface area contributed by atoms with Crippen molar-refractivity contribution in [1.29, 1.82) is 0 Å². The molecule has 0 bridgehead atoms. The summed E-state index contributed by atoms with van der Waals surface area (Å²) < 4.78 is 10.6. The maximum absolute atomic E-state index is 10.6. The summed E-state index contributed by atoms with van der Waals surface area (Å²) in [6, 6.07) is 0. The molecule has 0 unspecified atom stereocenters. The van der Waals surface area contributed by atoms with Crippen LogP contribution in [0.15, 0.2) is 11.6 Å². The van der Waals surface area contributed by atoms with Gasteiger partial charge in [0.05, 0.1) is 0 Å². The summed E-state index contributed by atoms with van der Waals surface area (Å²) in [6.07, 6.45) is 2.82. The van der Waals surface area contributed by atoms with Crippen LogP contribution in [0.3, 0.4) is 0 Å². The highest BCUT2D eigenvalue weighted by Gasteiger charge is 2.19. The molecule has 0 spiro atoms. The summed E-state index contributed by atoms with van der Waals surface area (Å²) in [5.74, 6) is 0. The molecule has 70 valence electrons. The second-order valence-corrected chi connectivity index (χ2v) is 4.80. The SMILES string of the molecule is CC1=CCN(CP(=O)(O)O)CC1. The molecule has 0 radical (unpaired) electrons. The predicted molar refractivity (Wildman–Crippen MR) is 46.9 cm³/mol. The Hall–Kier alpha value is -0.150. The molecule has 0 aliphatic carbocycles. The van der Waals surface area contributed by atoms with Crippen molar-refractivity contribution in [3.63, 3.8) is 0 Å². The molecule has 1 aliphatic heterocycles. The van der Waals surface area contributed by atoms with Gasteiger partial charge in [-0.15, -0.1) is 0 Å². The van der Waals surface area contributed by atoms with Crippen LogP contribution in [-0.4, -0.2) is 34.1 Å². The van der Waals surface area contributed by atoms with E-state index >= 15 is 0 Å². The van der Waals surface area contributed by atoms with E-state index in [1.807, 2.05) is 13.0 Å². The Bertz CT molecular complexity index is 233. The van der Waals surface area contributed by atoms with Gasteiger partial charge in [-0.1, -0.05) is 11.6 Å². The third kappa shape index (κ3) is 3.50. The molecular formula is C7H14NO3P. The molecule has 1 heterocycles. The van der Waals surface area contributed by atoms with Gasteiger partial charge in [-0.25, -0.2) is 0 Å². The summed E-state index contributed by atoms with van der Waals surface area (Å²) >= 11 is 0. The fourth-order valence-electron chi connectivity index (χ4n) is 1.20. The summed E-state index contributed by atoms with van der Waals surface area (Å²) in [4.78, 5) is 19.1. The Labute approximate surface area is 72.0 Å². The van der Waals surface area contributed by atoms with Gasteiger partial charge in [-0.05, 0) is 13.3 Å². The number of rotatable bonds is 2. The van der Waals surface area contributed by atoms with Gasteiger partial charge in [0.2, 0.25) is 0 Å². The average molecular weight is 191 g/mol. The Morgan fingerprint density at radius 3 is 2.75 bits per heavy atom. The van der Waals surface area contributed by atoms with Gasteiger partial charge in [0.15, 0.2) is 0 Å². The molecule has 12 heavy (non-hydrogen) atoms. The highest BCUT2D eigenvalue weighted by Crippen LogP contribution is 2.35. The number of hydrogen-bond donors (Lipinski definition) is 2. The zero-order valence-corrected chi connectivity index (χ0v) is 8.00. The summed E-state index contributed by atoms with van der Waals surface area (Å²) in [5, 5.41) is 0. The van der Waals surface area contributed by atoms with E-state index in [-0.39, 0.29) is 6.29 Å². The smallest absolute Gasteiger partial charge is 0.324 e. The molecule has 2 N–H and O–H groups in total. The molecule has 4 nitrogen and oxygen atoms in total. The highest BCUT2D eigenvalue weighted by atomic mass is 31.2. The van der Waals surface area contributed by atoms with Gasteiger partial charge in [-0.3, -0.25) is 9.46 Å². The zero-order valence-electron chi connectivity index (χ0n) is 7.10. The van der Waals surface area contributed by atoms with Gasteiger partial charge >= 0.3 is 7.60 Å². The molecule has 0 aromatic rings. The van der Waals surface area contributed by atoms with Crippen molar-refractivity contribution < 1.29 is 14.4 Å². The first-order valence-electron chi connectivity index (χ1n) is 3.90. The molecule has 0 fully saturated rings. The van der Waals surface area contributed by atoms with Gasteiger partial charge in [0.25, 0.3) is 0 Å². The quantitative estimate of drug-likeness (QED) is 0.500. The lowest BCUT2D eigenvalue weighted by Gasteiger charge is -2.24. The van der Waals surface area contributed by atoms with E-state index in [9.17, 15) is 4.57 Å². The Morgan fingerprint density at radius 1 is 1.67 bits per heavy atom. The molecule has 5 heteroatoms. The fraction of sp³-hybridized carbons (Fsp3) is 0.714. The third-order valence-electron chi connectivity index (χ3n) is 1.90. The first-order chi connectivity index (χ1) is 5.47. The second-order valence-electron chi connectivity index (χ2n) is 3.18. The molecule has 0 amide bonds. The van der Waals surface area contributed by atoms with Gasteiger partial charge in [0.1, 0.15) is 6.29 Å². The molecule has 0 aromatic carbocycles. The van der Waals surface area contributed by atoms with E-state index in [1.165, 1.54) is 5.57 Å². The first-order valence-corrected chi connectivity index (χ1v) is 5.70. The van der Waals surface area contributed by atoms with E-state index in [1.54, 1.807) is 4.90 Å². The lowest BCUT2D eigenvalue weighted by molar-refractivity contribution is 0.289. The lowest BCUT2D eigenvalue weighted by atomic mass is 10.1. The topological polar surface area (TPSA) is 60.8 Å². The van der Waals surface area contributed by atoms with Crippen molar-refractivity contribution in [2.24, 2.45) is 0 Å². The second kappa shape index (κ2) is 3.71. The third-order valence-corrected chi connectivity index (χ3v) is 2.67. The maximum atomic E-state index is 10.6. The Balaban J connectivity index is 2.43. The molecule has 0 atom stereocenters. The molecule has 0 saturated carbocycles. The normalized spacial score (nSPS) is 20.8. The minimum atomic E-state index is -3.86. The van der Waals surface area contributed by atoms with Crippen LogP contribution in [0.25, 0.3) is 0 Å². The minimum Gasteiger partial charge on any atom is -0.324 e. The van der Waals surface area contributed by atoms with E-state index in [4.69, 9.17) is 9.79 Å². The van der Waals surface area contributed by atoms with E-state index in [0.717, 1.165) is 13.0 Å². The van der Waals surface area contributed by atoms with Crippen LogP contribution >= 0.6 is 7.60 Å². The highest BCUT2D eigenvalue weighted by molar-refractivity contribution is 7.51. The first kappa shape index (κ1) is 9.93. The van der Waals surface area contributed by atoms with Crippen LogP contribution in [0.4, 0.5) is 0 Å². The summed E-state index contributed by atoms with van der Waals surface area (Å²) in [7, 11) is -3.86. The summed E-state index contributed by atoms with van der Waals surface area (Å²) in [6.45, 7) is 3.46. The number of nitrogens with zero attached hydrogens (tertiary/aromatic N) is 1. The van der Waals surface area contributed by atoms with Crippen molar-refractivity contribution in [3.8, 4) is 0 Å². The molecule has 1 rings (SSSR count). The van der Waals surface area contributed by atoms with E-state index in [0.29, 0.717) is 6.54 Å².